The van der Waals surface area contributed by atoms with E-state index in [1.54, 1.807) is 30.4 Å². The Kier molecular flexibility index (Phi) is 5.14. The molecule has 0 amide bonds. The number of benzene rings is 1. The van der Waals surface area contributed by atoms with Gasteiger partial charge >= 0.3 is 0 Å². The van der Waals surface area contributed by atoms with Gasteiger partial charge in [-0.2, -0.15) is 0 Å². The normalized spacial score (nSPS) is 21.3. The second-order valence-electron chi connectivity index (χ2n) is 5.92. The highest BCUT2D eigenvalue weighted by atomic mass is 19.2. The van der Waals surface area contributed by atoms with Gasteiger partial charge in [-0.3, -0.25) is 0 Å². The minimum atomic E-state index is -2.40. The minimum absolute atomic E-state index is 0.0762. The van der Waals surface area contributed by atoms with Crippen molar-refractivity contribution >= 4 is 6.08 Å². The highest BCUT2D eigenvalue weighted by Gasteiger charge is 2.28. The average molecular weight is 293 g/mol. The van der Waals surface area contributed by atoms with Crippen molar-refractivity contribution in [3.8, 4) is 0 Å². The first-order chi connectivity index (χ1) is 9.95. The maximum atomic E-state index is 14.1. The van der Waals surface area contributed by atoms with Crippen LogP contribution in [-0.4, -0.2) is 22.4 Å². The fraction of sp³-hybridized carbons (Fsp3) is 0.529. The van der Waals surface area contributed by atoms with Crippen molar-refractivity contribution < 1.29 is 14.6 Å². The average Bonchev–Trinajstić information content (AvgIpc) is 2.46. The molecule has 0 bridgehead atoms. The molecule has 0 heterocycles. The molecule has 1 atom stereocenters. The van der Waals surface area contributed by atoms with Crippen LogP contribution in [0.3, 0.4) is 0 Å². The van der Waals surface area contributed by atoms with E-state index in [1.807, 2.05) is 6.07 Å². The molecule has 1 unspecified atom stereocenters. The Balaban J connectivity index is 2.14. The third kappa shape index (κ3) is 4.37. The summed E-state index contributed by atoms with van der Waals surface area (Å²) in [7, 11) is 0. The third-order valence-corrected chi connectivity index (χ3v) is 4.11. The minimum Gasteiger partial charge on any atom is -0.386 e. The second kappa shape index (κ2) is 6.69. The Morgan fingerprint density at radius 3 is 2.67 bits per heavy atom. The van der Waals surface area contributed by atoms with Gasteiger partial charge in [0.15, 0.2) is 0 Å². The van der Waals surface area contributed by atoms with Crippen molar-refractivity contribution in [3.05, 3.63) is 41.5 Å². The summed E-state index contributed by atoms with van der Waals surface area (Å²) in [6.07, 6.45) is 8.22. The molecular formula is C17H24FNO2. The molecule has 3 nitrogen and oxygen atoms in total. The van der Waals surface area contributed by atoms with Crippen LogP contribution in [0.15, 0.2) is 30.3 Å². The van der Waals surface area contributed by atoms with Gasteiger partial charge in [-0.05, 0) is 31.0 Å². The van der Waals surface area contributed by atoms with E-state index in [0.717, 1.165) is 31.2 Å². The lowest BCUT2D eigenvalue weighted by Crippen LogP contribution is -2.28. The van der Waals surface area contributed by atoms with Gasteiger partial charge in [-0.25, -0.2) is 4.39 Å². The summed E-state index contributed by atoms with van der Waals surface area (Å²) in [6, 6.07) is 6.66. The van der Waals surface area contributed by atoms with Crippen LogP contribution in [-0.2, 0) is 5.85 Å². The summed E-state index contributed by atoms with van der Waals surface area (Å²) in [5.41, 5.74) is 5.53. The summed E-state index contributed by atoms with van der Waals surface area (Å²) in [4.78, 5) is 0. The van der Waals surface area contributed by atoms with Crippen LogP contribution < -0.4 is 5.73 Å². The van der Waals surface area contributed by atoms with Crippen LogP contribution >= 0.6 is 0 Å². The summed E-state index contributed by atoms with van der Waals surface area (Å²) < 4.78 is 14.1. The number of alkyl halides is 1. The van der Waals surface area contributed by atoms with E-state index in [0.29, 0.717) is 0 Å². The van der Waals surface area contributed by atoms with E-state index in [9.17, 15) is 14.6 Å². The fourth-order valence-electron chi connectivity index (χ4n) is 2.80. The standard InChI is InChI=1S/C17H24FNO2/c18-17(21,11-12-19)15-6-4-5-14(13-15)7-10-16(20)8-2-1-3-9-16/h4-7,10,13,20-21H,1-3,8-9,11-12,19H2/b10-7+. The molecule has 1 aliphatic carbocycles. The predicted molar refractivity (Wildman–Crippen MR) is 82.2 cm³/mol. The molecule has 0 aliphatic heterocycles. The van der Waals surface area contributed by atoms with Crippen LogP contribution in [0.5, 0.6) is 0 Å². The van der Waals surface area contributed by atoms with Crippen LogP contribution in [0.4, 0.5) is 4.39 Å². The van der Waals surface area contributed by atoms with E-state index in [2.05, 4.69) is 0 Å². The third-order valence-electron chi connectivity index (χ3n) is 4.11. The first-order valence-electron chi connectivity index (χ1n) is 7.59. The highest BCUT2D eigenvalue weighted by molar-refractivity contribution is 5.52. The highest BCUT2D eigenvalue weighted by Crippen LogP contribution is 2.31. The van der Waals surface area contributed by atoms with Crippen molar-refractivity contribution in [1.82, 2.24) is 0 Å². The molecule has 2 rings (SSSR count). The molecule has 4 N–H and O–H groups in total. The van der Waals surface area contributed by atoms with Crippen molar-refractivity contribution in [2.45, 2.75) is 50.0 Å². The Morgan fingerprint density at radius 1 is 1.29 bits per heavy atom. The first kappa shape index (κ1) is 16.1. The maximum Gasteiger partial charge on any atom is 0.234 e. The molecule has 0 aromatic heterocycles. The van der Waals surface area contributed by atoms with Crippen LogP contribution in [0.1, 0.15) is 49.7 Å². The lowest BCUT2D eigenvalue weighted by Gasteiger charge is -2.28. The van der Waals surface area contributed by atoms with Crippen molar-refractivity contribution in [2.24, 2.45) is 5.73 Å². The Morgan fingerprint density at radius 2 is 2.00 bits per heavy atom. The quantitative estimate of drug-likeness (QED) is 0.782. The first-order valence-corrected chi connectivity index (χ1v) is 7.59. The molecule has 0 saturated heterocycles. The van der Waals surface area contributed by atoms with Gasteiger partial charge in [-0.1, -0.05) is 49.6 Å². The summed E-state index contributed by atoms with van der Waals surface area (Å²) in [5.74, 6) is -2.40. The summed E-state index contributed by atoms with van der Waals surface area (Å²) in [5, 5.41) is 20.2. The predicted octanol–water partition coefficient (Wildman–Crippen LogP) is 2.86. The van der Waals surface area contributed by atoms with Gasteiger partial charge < -0.3 is 15.9 Å². The van der Waals surface area contributed by atoms with Gasteiger partial charge in [0.25, 0.3) is 0 Å². The van der Waals surface area contributed by atoms with E-state index in [4.69, 9.17) is 5.73 Å². The summed E-state index contributed by atoms with van der Waals surface area (Å²) in [6.45, 7) is 0.0762. The number of halogens is 1. The lowest BCUT2D eigenvalue weighted by molar-refractivity contribution is -0.0997. The zero-order valence-corrected chi connectivity index (χ0v) is 12.3. The number of nitrogens with two attached hydrogens (primary N) is 1. The zero-order chi connectivity index (χ0) is 15.3. The molecule has 1 aliphatic rings. The van der Waals surface area contributed by atoms with Gasteiger partial charge in [0.1, 0.15) is 0 Å². The van der Waals surface area contributed by atoms with Crippen molar-refractivity contribution in [3.63, 3.8) is 0 Å². The van der Waals surface area contributed by atoms with Crippen LogP contribution in [0, 0.1) is 0 Å². The number of hydrogen-bond acceptors (Lipinski definition) is 3. The van der Waals surface area contributed by atoms with Crippen molar-refractivity contribution in [2.75, 3.05) is 6.54 Å². The molecule has 21 heavy (non-hydrogen) atoms. The molecular weight excluding hydrogens is 269 g/mol. The number of aliphatic hydroxyl groups is 2. The zero-order valence-electron chi connectivity index (χ0n) is 12.3. The largest absolute Gasteiger partial charge is 0.386 e. The van der Waals surface area contributed by atoms with Crippen LogP contribution in [0.2, 0.25) is 0 Å². The van der Waals surface area contributed by atoms with E-state index in [-0.39, 0.29) is 18.5 Å². The van der Waals surface area contributed by atoms with Gasteiger partial charge in [0, 0.05) is 12.0 Å². The van der Waals surface area contributed by atoms with Gasteiger partial charge in [-0.15, -0.1) is 0 Å². The monoisotopic (exact) mass is 293 g/mol. The van der Waals surface area contributed by atoms with E-state index < -0.39 is 11.5 Å². The van der Waals surface area contributed by atoms with Gasteiger partial charge in [0.05, 0.1) is 5.60 Å². The Bertz CT molecular complexity index is 493. The number of hydrogen-bond donors (Lipinski definition) is 3. The topological polar surface area (TPSA) is 66.5 Å². The molecule has 116 valence electrons. The lowest BCUT2D eigenvalue weighted by atomic mass is 9.84. The Hall–Kier alpha value is -1.23. The maximum absolute atomic E-state index is 14.1. The molecule has 1 aromatic rings. The SMILES string of the molecule is NCCC(O)(F)c1cccc(/C=C/C2(O)CCCCC2)c1. The smallest absolute Gasteiger partial charge is 0.234 e. The van der Waals surface area contributed by atoms with Gasteiger partial charge in [0.2, 0.25) is 5.85 Å². The molecule has 1 aromatic carbocycles. The van der Waals surface area contributed by atoms with Crippen molar-refractivity contribution in [1.29, 1.82) is 0 Å². The Labute approximate surface area is 125 Å². The molecule has 1 saturated carbocycles. The molecule has 0 spiro atoms. The number of rotatable bonds is 5. The molecule has 0 radical (unpaired) electrons. The molecule has 1 fully saturated rings. The van der Waals surface area contributed by atoms with E-state index in [1.165, 1.54) is 6.42 Å². The summed E-state index contributed by atoms with van der Waals surface area (Å²) >= 11 is 0. The molecule has 4 heteroatoms. The fourth-order valence-corrected chi connectivity index (χ4v) is 2.80. The van der Waals surface area contributed by atoms with E-state index >= 15 is 0 Å². The second-order valence-corrected chi connectivity index (χ2v) is 5.92. The van der Waals surface area contributed by atoms with Crippen LogP contribution in [0.25, 0.3) is 6.08 Å².